The van der Waals surface area contributed by atoms with Crippen LogP contribution in [0.5, 0.6) is 0 Å². The fraction of sp³-hybridized carbons (Fsp3) is 0.370. The van der Waals surface area contributed by atoms with Gasteiger partial charge in [0.05, 0.1) is 11.6 Å². The third-order valence-electron chi connectivity index (χ3n) is 6.81. The van der Waals surface area contributed by atoms with Crippen LogP contribution < -0.4 is 0 Å². The molecule has 0 bridgehead atoms. The highest BCUT2D eigenvalue weighted by Crippen LogP contribution is 2.52. The number of carbonyl (C=O) groups excluding carboxylic acids is 2. The van der Waals surface area contributed by atoms with E-state index in [9.17, 15) is 9.59 Å². The van der Waals surface area contributed by atoms with Gasteiger partial charge in [-0.1, -0.05) is 76.2 Å². The fourth-order valence-electron chi connectivity index (χ4n) is 5.37. The zero-order valence-electron chi connectivity index (χ0n) is 18.0. The first kappa shape index (κ1) is 19.2. The molecule has 3 aliphatic rings. The average molecular weight is 398 g/mol. The minimum atomic E-state index is -0.333. The summed E-state index contributed by atoms with van der Waals surface area (Å²) < 4.78 is 0. The Morgan fingerprint density at radius 1 is 0.900 bits per heavy atom. The number of rotatable bonds is 2. The molecule has 3 heteroatoms. The molecule has 0 radical (unpaired) electrons. The van der Waals surface area contributed by atoms with Crippen LogP contribution >= 0.6 is 0 Å². The van der Waals surface area contributed by atoms with E-state index in [0.717, 1.165) is 29.0 Å². The summed E-state index contributed by atoms with van der Waals surface area (Å²) in [5.74, 6) is 0.0844. The lowest BCUT2D eigenvalue weighted by atomic mass is 9.63. The molecule has 3 nitrogen and oxygen atoms in total. The van der Waals surface area contributed by atoms with Gasteiger partial charge in [0.1, 0.15) is 5.78 Å². The Labute approximate surface area is 177 Å². The van der Waals surface area contributed by atoms with Gasteiger partial charge in [0.25, 0.3) is 0 Å². The summed E-state index contributed by atoms with van der Waals surface area (Å²) in [6.07, 6.45) is 1.32. The maximum absolute atomic E-state index is 13.5. The van der Waals surface area contributed by atoms with Crippen molar-refractivity contribution in [3.05, 3.63) is 76.4 Å². The molecule has 1 saturated carbocycles. The molecule has 1 heterocycles. The fourth-order valence-corrected chi connectivity index (χ4v) is 5.37. The molecule has 0 spiro atoms. The van der Waals surface area contributed by atoms with Crippen molar-refractivity contribution in [3.8, 4) is 0 Å². The second-order valence-electron chi connectivity index (χ2n) is 10.0. The highest BCUT2D eigenvalue weighted by atomic mass is 16.1. The number of fused-ring (bicyclic) bond motifs is 3. The minimum Gasteiger partial charge on any atom is -0.299 e. The number of carbonyl (C=O) groups is 2. The van der Waals surface area contributed by atoms with E-state index in [1.807, 2.05) is 24.3 Å². The smallest absolute Gasteiger partial charge is 0.192 e. The molecule has 2 aliphatic carbocycles. The van der Waals surface area contributed by atoms with Gasteiger partial charge >= 0.3 is 0 Å². The van der Waals surface area contributed by atoms with Crippen molar-refractivity contribution in [2.75, 3.05) is 0 Å². The number of Topliss-reactive ketones (excluding diaryl/α,β-unsaturated/α-hetero) is 2. The van der Waals surface area contributed by atoms with Crippen LogP contribution in [0.3, 0.4) is 0 Å². The summed E-state index contributed by atoms with van der Waals surface area (Å²) >= 11 is 0. The van der Waals surface area contributed by atoms with E-state index in [2.05, 4.69) is 52.0 Å². The van der Waals surface area contributed by atoms with Crippen LogP contribution in [0.25, 0.3) is 5.70 Å². The van der Waals surface area contributed by atoms with Crippen molar-refractivity contribution >= 4 is 23.0 Å². The van der Waals surface area contributed by atoms with E-state index >= 15 is 0 Å². The van der Waals surface area contributed by atoms with Gasteiger partial charge < -0.3 is 0 Å². The van der Waals surface area contributed by atoms with Crippen molar-refractivity contribution in [1.29, 1.82) is 0 Å². The van der Waals surface area contributed by atoms with Gasteiger partial charge in [-0.2, -0.15) is 0 Å². The molecule has 152 valence electrons. The molecule has 0 amide bonds. The molecule has 5 rings (SSSR count). The Morgan fingerprint density at radius 2 is 1.57 bits per heavy atom. The zero-order chi connectivity index (χ0) is 21.2. The molecule has 1 fully saturated rings. The van der Waals surface area contributed by atoms with Crippen LogP contribution in [0.2, 0.25) is 0 Å². The Balaban J connectivity index is 1.71. The molecule has 1 unspecified atom stereocenters. The van der Waals surface area contributed by atoms with E-state index in [1.54, 1.807) is 0 Å². The first-order valence-corrected chi connectivity index (χ1v) is 10.8. The highest BCUT2D eigenvalue weighted by molar-refractivity contribution is 6.25. The van der Waals surface area contributed by atoms with E-state index in [0.29, 0.717) is 23.5 Å². The Kier molecular flexibility index (Phi) is 4.22. The topological polar surface area (TPSA) is 46.5 Å². The Bertz CT molecular complexity index is 1130. The Morgan fingerprint density at radius 3 is 2.23 bits per heavy atom. The number of hydrogen-bond acceptors (Lipinski definition) is 3. The summed E-state index contributed by atoms with van der Waals surface area (Å²) in [6.45, 7) is 8.61. The zero-order valence-corrected chi connectivity index (χ0v) is 18.0. The SMILES string of the molecule is CC(C)c1ccc([C@H]2C3=C(N=C4CC(C)(C)CC(=O)C42)c2ccccc2C3=O)cc1. The van der Waals surface area contributed by atoms with Crippen molar-refractivity contribution < 1.29 is 9.59 Å². The molecule has 0 saturated heterocycles. The lowest BCUT2D eigenvalue weighted by Crippen LogP contribution is -2.43. The molecule has 30 heavy (non-hydrogen) atoms. The van der Waals surface area contributed by atoms with Crippen LogP contribution in [0.15, 0.2) is 59.1 Å². The third kappa shape index (κ3) is 2.83. The van der Waals surface area contributed by atoms with E-state index < -0.39 is 0 Å². The molecule has 0 aromatic heterocycles. The maximum atomic E-state index is 13.5. The summed E-state index contributed by atoms with van der Waals surface area (Å²) in [5, 5.41) is 0. The van der Waals surface area contributed by atoms with Crippen molar-refractivity contribution in [1.82, 2.24) is 0 Å². The maximum Gasteiger partial charge on any atom is 0.192 e. The number of aliphatic imine (C=N–C) groups is 1. The molecule has 2 atom stereocenters. The number of ketones is 2. The van der Waals surface area contributed by atoms with E-state index in [4.69, 9.17) is 4.99 Å². The predicted molar refractivity (Wildman–Crippen MR) is 120 cm³/mol. The number of nitrogens with zero attached hydrogens (tertiary/aromatic N) is 1. The summed E-state index contributed by atoms with van der Waals surface area (Å²) in [5.41, 5.74) is 6.24. The second kappa shape index (κ2) is 6.60. The van der Waals surface area contributed by atoms with Crippen LogP contribution in [-0.4, -0.2) is 17.3 Å². The van der Waals surface area contributed by atoms with Crippen LogP contribution in [0.1, 0.15) is 79.4 Å². The number of allylic oxidation sites excluding steroid dienone is 1. The molecule has 1 aliphatic heterocycles. The normalized spacial score (nSPS) is 24.5. The van der Waals surface area contributed by atoms with E-state index in [1.165, 1.54) is 5.56 Å². The first-order chi connectivity index (χ1) is 14.3. The predicted octanol–water partition coefficient (Wildman–Crippen LogP) is 5.96. The number of hydrogen-bond donors (Lipinski definition) is 0. The minimum absolute atomic E-state index is 0.0268. The lowest BCUT2D eigenvalue weighted by molar-refractivity contribution is -0.124. The monoisotopic (exact) mass is 397 g/mol. The van der Waals surface area contributed by atoms with E-state index in [-0.39, 0.29) is 28.8 Å². The van der Waals surface area contributed by atoms with Crippen molar-refractivity contribution in [2.45, 2.75) is 52.4 Å². The second-order valence-corrected chi connectivity index (χ2v) is 10.0. The highest BCUT2D eigenvalue weighted by Gasteiger charge is 2.49. The third-order valence-corrected chi connectivity index (χ3v) is 6.81. The van der Waals surface area contributed by atoms with Gasteiger partial charge in [0.2, 0.25) is 0 Å². The van der Waals surface area contributed by atoms with Crippen molar-refractivity contribution in [2.24, 2.45) is 16.3 Å². The average Bonchev–Trinajstić information content (AvgIpc) is 2.98. The van der Waals surface area contributed by atoms with Gasteiger partial charge in [-0.05, 0) is 28.9 Å². The molecule has 2 aromatic carbocycles. The molecule has 2 aromatic rings. The van der Waals surface area contributed by atoms with Crippen molar-refractivity contribution in [3.63, 3.8) is 0 Å². The van der Waals surface area contributed by atoms with Crippen LogP contribution in [0, 0.1) is 11.3 Å². The van der Waals surface area contributed by atoms with Gasteiger partial charge in [-0.15, -0.1) is 0 Å². The van der Waals surface area contributed by atoms with Crippen LogP contribution in [0.4, 0.5) is 0 Å². The van der Waals surface area contributed by atoms with Gasteiger partial charge in [-0.25, -0.2) is 0 Å². The summed E-state index contributed by atoms with van der Waals surface area (Å²) in [6, 6.07) is 16.2. The number of benzene rings is 2. The largest absolute Gasteiger partial charge is 0.299 e. The molecular formula is C27H27NO2. The van der Waals surface area contributed by atoms with Crippen LogP contribution in [-0.2, 0) is 4.79 Å². The lowest BCUT2D eigenvalue weighted by Gasteiger charge is -2.40. The quantitative estimate of drug-likeness (QED) is 0.627. The molecule has 0 N–H and O–H groups in total. The summed E-state index contributed by atoms with van der Waals surface area (Å²) in [7, 11) is 0. The summed E-state index contributed by atoms with van der Waals surface area (Å²) in [4.78, 5) is 31.8. The first-order valence-electron chi connectivity index (χ1n) is 10.8. The van der Waals surface area contributed by atoms with Gasteiger partial charge in [-0.3, -0.25) is 14.6 Å². The molecular weight excluding hydrogens is 370 g/mol. The Hall–Kier alpha value is -2.81. The van der Waals surface area contributed by atoms with Gasteiger partial charge in [0, 0.05) is 34.8 Å². The standard InChI is InChI=1S/C27H27NO2/c1-15(2)16-9-11-17(12-10-16)22-23-20(13-27(3,4)14-21(23)29)28-25-18-7-5-6-8-19(18)26(30)24(22)25/h5-12,15,22-23H,13-14H2,1-4H3/t22-,23?/m1/s1. The van der Waals surface area contributed by atoms with Gasteiger partial charge in [0.15, 0.2) is 5.78 Å².